The Morgan fingerprint density at radius 1 is 1.36 bits per heavy atom. The summed E-state index contributed by atoms with van der Waals surface area (Å²) in [4.78, 5) is 8.52. The van der Waals surface area contributed by atoms with E-state index in [1.54, 1.807) is 11.8 Å². The maximum Gasteiger partial charge on any atom is 0.187 e. The number of thiol groups is 1. The zero-order valence-electron chi connectivity index (χ0n) is 8.44. The summed E-state index contributed by atoms with van der Waals surface area (Å²) in [5.74, 6) is 2.10. The first-order valence-electron chi connectivity index (χ1n) is 4.86. The molecule has 0 aliphatic rings. The molecule has 4 heteroatoms. The molecule has 0 aromatic carbocycles. The molecule has 0 fully saturated rings. The van der Waals surface area contributed by atoms with Crippen LogP contribution in [0.25, 0.3) is 0 Å². The van der Waals surface area contributed by atoms with Crippen molar-refractivity contribution in [3.8, 4) is 0 Å². The lowest BCUT2D eigenvalue weighted by atomic mass is 10.3. The summed E-state index contributed by atoms with van der Waals surface area (Å²) >= 11 is 5.91. The summed E-state index contributed by atoms with van der Waals surface area (Å²) in [7, 11) is 0. The number of hydrogen-bond donors (Lipinski definition) is 1. The molecular formula is C10H16N2S2. The average molecular weight is 228 g/mol. The fraction of sp³-hybridized carbons (Fsp3) is 0.600. The quantitative estimate of drug-likeness (QED) is 0.351. The first-order chi connectivity index (χ1) is 6.83. The van der Waals surface area contributed by atoms with E-state index in [9.17, 15) is 0 Å². The lowest BCUT2D eigenvalue weighted by molar-refractivity contribution is 0.785. The SMILES string of the molecule is Cc1ccnc(SCCCCCS)n1. The summed E-state index contributed by atoms with van der Waals surface area (Å²) < 4.78 is 0. The van der Waals surface area contributed by atoms with Crippen LogP contribution in [-0.4, -0.2) is 21.5 Å². The second-order valence-corrected chi connectivity index (χ2v) is 4.62. The van der Waals surface area contributed by atoms with E-state index in [2.05, 4.69) is 22.6 Å². The van der Waals surface area contributed by atoms with Crippen molar-refractivity contribution in [3.63, 3.8) is 0 Å². The predicted molar refractivity (Wildman–Crippen MR) is 65.2 cm³/mol. The number of rotatable bonds is 6. The largest absolute Gasteiger partial charge is 0.231 e. The Morgan fingerprint density at radius 2 is 2.21 bits per heavy atom. The molecule has 0 N–H and O–H groups in total. The zero-order chi connectivity index (χ0) is 10.2. The van der Waals surface area contributed by atoms with E-state index < -0.39 is 0 Å². The van der Waals surface area contributed by atoms with Gasteiger partial charge in [0.1, 0.15) is 0 Å². The molecule has 1 aromatic rings. The third kappa shape index (κ3) is 4.86. The van der Waals surface area contributed by atoms with E-state index in [0.29, 0.717) is 0 Å². The van der Waals surface area contributed by atoms with E-state index in [1.807, 2.05) is 19.2 Å². The smallest absolute Gasteiger partial charge is 0.187 e. The lowest BCUT2D eigenvalue weighted by Gasteiger charge is -2.00. The van der Waals surface area contributed by atoms with Gasteiger partial charge in [0.25, 0.3) is 0 Å². The summed E-state index contributed by atoms with van der Waals surface area (Å²) in [6.45, 7) is 1.99. The van der Waals surface area contributed by atoms with Crippen LogP contribution >= 0.6 is 24.4 Å². The molecule has 0 aliphatic carbocycles. The Labute approximate surface area is 95.3 Å². The Hall–Kier alpha value is -0.220. The Balaban J connectivity index is 2.18. The molecule has 14 heavy (non-hydrogen) atoms. The highest BCUT2D eigenvalue weighted by atomic mass is 32.2. The Morgan fingerprint density at radius 3 is 2.93 bits per heavy atom. The van der Waals surface area contributed by atoms with Gasteiger partial charge in [0, 0.05) is 17.6 Å². The number of unbranched alkanes of at least 4 members (excludes halogenated alkanes) is 2. The van der Waals surface area contributed by atoms with Gasteiger partial charge < -0.3 is 0 Å². The predicted octanol–water partition coefficient (Wildman–Crippen LogP) is 2.98. The molecule has 0 unspecified atom stereocenters. The van der Waals surface area contributed by atoms with Gasteiger partial charge in [0.05, 0.1) is 0 Å². The third-order valence-corrected chi connectivity index (χ3v) is 3.07. The molecule has 0 atom stereocenters. The minimum atomic E-state index is 0.899. The molecule has 2 nitrogen and oxygen atoms in total. The van der Waals surface area contributed by atoms with Crippen LogP contribution in [0.2, 0.25) is 0 Å². The molecule has 0 saturated heterocycles. The first kappa shape index (κ1) is 11.9. The standard InChI is InChI=1S/C10H16N2S2/c1-9-5-6-11-10(12-9)14-8-4-2-3-7-13/h5-6,13H,2-4,7-8H2,1H3. The van der Waals surface area contributed by atoms with Crippen LogP contribution in [-0.2, 0) is 0 Å². The van der Waals surface area contributed by atoms with Crippen molar-refractivity contribution in [2.24, 2.45) is 0 Å². The van der Waals surface area contributed by atoms with Gasteiger partial charge in [-0.1, -0.05) is 18.2 Å². The summed E-state index contributed by atoms with van der Waals surface area (Å²) in [5, 5.41) is 0.899. The van der Waals surface area contributed by atoms with Crippen LogP contribution in [0, 0.1) is 6.92 Å². The fourth-order valence-corrected chi connectivity index (χ4v) is 2.15. The highest BCUT2D eigenvalue weighted by molar-refractivity contribution is 7.99. The van der Waals surface area contributed by atoms with Gasteiger partial charge in [0.2, 0.25) is 0 Å². The van der Waals surface area contributed by atoms with Crippen molar-refractivity contribution in [1.82, 2.24) is 9.97 Å². The van der Waals surface area contributed by atoms with Gasteiger partial charge in [-0.05, 0) is 31.6 Å². The normalized spacial score (nSPS) is 10.4. The number of thioether (sulfide) groups is 1. The van der Waals surface area contributed by atoms with E-state index in [4.69, 9.17) is 0 Å². The van der Waals surface area contributed by atoms with E-state index in [1.165, 1.54) is 19.3 Å². The van der Waals surface area contributed by atoms with Crippen LogP contribution in [0.1, 0.15) is 25.0 Å². The second kappa shape index (κ2) is 7.12. The van der Waals surface area contributed by atoms with Crippen molar-refractivity contribution in [2.75, 3.05) is 11.5 Å². The first-order valence-corrected chi connectivity index (χ1v) is 6.48. The molecule has 0 amide bonds. The third-order valence-electron chi connectivity index (χ3n) is 1.81. The molecule has 0 radical (unpaired) electrons. The Kier molecular flexibility index (Phi) is 6.03. The van der Waals surface area contributed by atoms with E-state index in [0.717, 1.165) is 22.4 Å². The molecule has 1 heterocycles. The van der Waals surface area contributed by atoms with Crippen LogP contribution in [0.5, 0.6) is 0 Å². The molecule has 1 aromatic heterocycles. The highest BCUT2D eigenvalue weighted by Gasteiger charge is 1.96. The highest BCUT2D eigenvalue weighted by Crippen LogP contribution is 2.14. The van der Waals surface area contributed by atoms with E-state index >= 15 is 0 Å². The van der Waals surface area contributed by atoms with Crippen LogP contribution in [0.4, 0.5) is 0 Å². The topological polar surface area (TPSA) is 25.8 Å². The van der Waals surface area contributed by atoms with Crippen LogP contribution in [0.3, 0.4) is 0 Å². The van der Waals surface area contributed by atoms with Crippen LogP contribution in [0.15, 0.2) is 17.4 Å². The number of nitrogens with zero attached hydrogens (tertiary/aromatic N) is 2. The molecule has 0 aliphatic heterocycles. The van der Waals surface area contributed by atoms with Crippen molar-refractivity contribution in [2.45, 2.75) is 31.3 Å². The zero-order valence-corrected chi connectivity index (χ0v) is 10.2. The van der Waals surface area contributed by atoms with Gasteiger partial charge >= 0.3 is 0 Å². The van der Waals surface area contributed by atoms with E-state index in [-0.39, 0.29) is 0 Å². The number of aryl methyl sites for hydroxylation is 1. The molecular weight excluding hydrogens is 212 g/mol. The maximum atomic E-state index is 4.33. The monoisotopic (exact) mass is 228 g/mol. The average Bonchev–Trinajstić information content (AvgIpc) is 2.18. The van der Waals surface area contributed by atoms with Gasteiger partial charge in [-0.25, -0.2) is 9.97 Å². The molecule has 0 saturated carbocycles. The van der Waals surface area contributed by atoms with Crippen LogP contribution < -0.4 is 0 Å². The number of aromatic nitrogens is 2. The second-order valence-electron chi connectivity index (χ2n) is 3.11. The molecule has 1 rings (SSSR count). The summed E-state index contributed by atoms with van der Waals surface area (Å²) in [6, 6.07) is 1.92. The summed E-state index contributed by atoms with van der Waals surface area (Å²) in [5.41, 5.74) is 1.04. The molecule has 0 bridgehead atoms. The molecule has 0 spiro atoms. The van der Waals surface area contributed by atoms with Gasteiger partial charge in [0.15, 0.2) is 5.16 Å². The van der Waals surface area contributed by atoms with Crippen molar-refractivity contribution >= 4 is 24.4 Å². The minimum absolute atomic E-state index is 0.899. The van der Waals surface area contributed by atoms with Gasteiger partial charge in [-0.15, -0.1) is 0 Å². The fourth-order valence-electron chi connectivity index (χ4n) is 1.05. The van der Waals surface area contributed by atoms with Crippen molar-refractivity contribution in [3.05, 3.63) is 18.0 Å². The van der Waals surface area contributed by atoms with Crippen molar-refractivity contribution in [1.29, 1.82) is 0 Å². The minimum Gasteiger partial charge on any atom is -0.231 e. The maximum absolute atomic E-state index is 4.33. The number of hydrogen-bond acceptors (Lipinski definition) is 4. The molecule has 78 valence electrons. The van der Waals surface area contributed by atoms with Gasteiger partial charge in [-0.2, -0.15) is 12.6 Å². The van der Waals surface area contributed by atoms with Gasteiger partial charge in [-0.3, -0.25) is 0 Å². The summed E-state index contributed by atoms with van der Waals surface area (Å²) in [6.07, 6.45) is 5.50. The van der Waals surface area contributed by atoms with Crippen molar-refractivity contribution < 1.29 is 0 Å². The lowest BCUT2D eigenvalue weighted by Crippen LogP contribution is -1.90. The Bertz CT molecular complexity index is 266.